The lowest BCUT2D eigenvalue weighted by Crippen LogP contribution is -2.52. The molecule has 6 heteroatoms. The molecule has 0 fully saturated rings. The van der Waals surface area contributed by atoms with Gasteiger partial charge in [-0.1, -0.05) is 13.8 Å². The van der Waals surface area contributed by atoms with Crippen LogP contribution in [0.25, 0.3) is 0 Å². The van der Waals surface area contributed by atoms with Gasteiger partial charge in [0.2, 0.25) is 0 Å². The molecule has 0 radical (unpaired) electrons. The van der Waals surface area contributed by atoms with Crippen LogP contribution in [0.2, 0.25) is 0 Å². The molecule has 0 aliphatic heterocycles. The van der Waals surface area contributed by atoms with E-state index in [-0.39, 0.29) is 5.78 Å². The summed E-state index contributed by atoms with van der Waals surface area (Å²) in [5.41, 5.74) is 5.30. The Labute approximate surface area is 127 Å². The highest BCUT2D eigenvalue weighted by atomic mass is 16.5. The highest BCUT2D eigenvalue weighted by Crippen LogP contribution is 2.35. The Hall–Kier alpha value is -1.40. The fourth-order valence-corrected chi connectivity index (χ4v) is 1.80. The van der Waals surface area contributed by atoms with Gasteiger partial charge in [-0.3, -0.25) is 9.48 Å². The molecular weight excluding hydrogens is 268 g/mol. The van der Waals surface area contributed by atoms with Gasteiger partial charge in [-0.05, 0) is 27.9 Å². The van der Waals surface area contributed by atoms with Crippen LogP contribution in [0.15, 0.2) is 6.20 Å². The van der Waals surface area contributed by atoms with Crippen molar-refractivity contribution in [2.24, 2.45) is 11.1 Å². The Morgan fingerprint density at radius 1 is 1.38 bits per heavy atom. The number of methoxy groups -OCH3 is 1. The third kappa shape index (κ3) is 3.63. The van der Waals surface area contributed by atoms with Crippen LogP contribution in [0, 0.1) is 5.41 Å². The zero-order valence-corrected chi connectivity index (χ0v) is 14.2. The minimum atomic E-state index is -0.726. The van der Waals surface area contributed by atoms with E-state index < -0.39 is 11.0 Å². The van der Waals surface area contributed by atoms with E-state index >= 15 is 0 Å². The van der Waals surface area contributed by atoms with Gasteiger partial charge in [-0.25, -0.2) is 0 Å². The minimum absolute atomic E-state index is 0.0527. The van der Waals surface area contributed by atoms with Crippen LogP contribution in [0.1, 0.15) is 38.2 Å². The lowest BCUT2D eigenvalue weighted by Gasteiger charge is -2.37. The van der Waals surface area contributed by atoms with Crippen LogP contribution in [0.5, 0.6) is 5.75 Å². The molecule has 1 heterocycles. The van der Waals surface area contributed by atoms with E-state index in [1.807, 2.05) is 46.7 Å². The fraction of sp³-hybridized carbons (Fsp3) is 0.733. The monoisotopic (exact) mass is 296 g/mol. The maximum Gasteiger partial charge on any atom is 0.192 e. The van der Waals surface area contributed by atoms with Crippen molar-refractivity contribution in [1.29, 1.82) is 0 Å². The Balaban J connectivity index is 3.21. The number of nitrogens with zero attached hydrogens (tertiary/aromatic N) is 3. The van der Waals surface area contributed by atoms with Gasteiger partial charge in [0.1, 0.15) is 5.69 Å². The van der Waals surface area contributed by atoms with Gasteiger partial charge in [0.05, 0.1) is 19.9 Å². The molecule has 1 aromatic heterocycles. The molecule has 0 aromatic carbocycles. The molecule has 0 saturated heterocycles. The van der Waals surface area contributed by atoms with E-state index in [4.69, 9.17) is 10.5 Å². The number of hydrogen-bond donors (Lipinski definition) is 1. The fourth-order valence-electron chi connectivity index (χ4n) is 1.80. The SMILES string of the molecule is COc1cnn(CCN(C)C)c1C(=O)C(C)(C)C(C)(C)N. The Morgan fingerprint density at radius 2 is 1.95 bits per heavy atom. The second kappa shape index (κ2) is 6.15. The Kier molecular flexibility index (Phi) is 5.17. The van der Waals surface area contributed by atoms with E-state index in [1.165, 1.54) is 0 Å². The zero-order chi connectivity index (χ0) is 16.4. The van der Waals surface area contributed by atoms with Crippen molar-refractivity contribution in [3.63, 3.8) is 0 Å². The average Bonchev–Trinajstić information content (AvgIpc) is 2.76. The summed E-state index contributed by atoms with van der Waals surface area (Å²) in [5, 5.41) is 4.28. The molecular formula is C15H28N4O2. The van der Waals surface area contributed by atoms with Gasteiger partial charge in [-0.15, -0.1) is 0 Å². The van der Waals surface area contributed by atoms with Crippen LogP contribution < -0.4 is 10.5 Å². The predicted molar refractivity (Wildman–Crippen MR) is 83.7 cm³/mol. The van der Waals surface area contributed by atoms with Gasteiger partial charge in [0.15, 0.2) is 11.5 Å². The molecule has 0 atom stereocenters. The minimum Gasteiger partial charge on any atom is -0.493 e. The maximum absolute atomic E-state index is 13.0. The third-order valence-electron chi connectivity index (χ3n) is 4.18. The van der Waals surface area contributed by atoms with E-state index in [1.54, 1.807) is 18.0 Å². The number of hydrogen-bond acceptors (Lipinski definition) is 5. The first-order valence-electron chi connectivity index (χ1n) is 7.10. The van der Waals surface area contributed by atoms with E-state index in [2.05, 4.69) is 5.10 Å². The van der Waals surface area contributed by atoms with Crippen LogP contribution >= 0.6 is 0 Å². The second-order valence-corrected chi connectivity index (χ2v) is 6.76. The number of nitrogens with two attached hydrogens (primary N) is 1. The normalized spacial score (nSPS) is 12.8. The topological polar surface area (TPSA) is 73.4 Å². The van der Waals surface area contributed by atoms with E-state index in [0.717, 1.165) is 6.54 Å². The Morgan fingerprint density at radius 3 is 2.38 bits per heavy atom. The first-order valence-corrected chi connectivity index (χ1v) is 7.10. The quantitative estimate of drug-likeness (QED) is 0.770. The zero-order valence-electron chi connectivity index (χ0n) is 14.2. The first kappa shape index (κ1) is 17.7. The second-order valence-electron chi connectivity index (χ2n) is 6.76. The van der Waals surface area contributed by atoms with Gasteiger partial charge in [0, 0.05) is 17.5 Å². The summed E-state index contributed by atoms with van der Waals surface area (Å²) in [7, 11) is 5.51. The van der Waals surface area contributed by atoms with Crippen molar-refractivity contribution >= 4 is 5.78 Å². The standard InChI is InChI=1S/C15H28N4O2/c1-14(2,15(3,4)16)13(20)12-11(21-7)10-17-19(12)9-8-18(5)6/h10H,8-9,16H2,1-7H3. The third-order valence-corrected chi connectivity index (χ3v) is 4.18. The summed E-state index contributed by atoms with van der Waals surface area (Å²) in [6.45, 7) is 8.85. The number of ketones is 1. The first-order chi connectivity index (χ1) is 9.52. The summed E-state index contributed by atoms with van der Waals surface area (Å²) in [5.74, 6) is 0.444. The number of carbonyl (C=O) groups is 1. The molecule has 0 aliphatic carbocycles. The van der Waals surface area contributed by atoms with Crippen molar-refractivity contribution in [1.82, 2.24) is 14.7 Å². The van der Waals surface area contributed by atoms with Crippen LogP contribution in [0.4, 0.5) is 0 Å². The van der Waals surface area contributed by atoms with Gasteiger partial charge in [0.25, 0.3) is 0 Å². The number of Topliss-reactive ketones (excluding diaryl/α,β-unsaturated/α-hetero) is 1. The summed E-state index contributed by atoms with van der Waals surface area (Å²) in [4.78, 5) is 15.0. The molecule has 1 aromatic rings. The smallest absolute Gasteiger partial charge is 0.192 e. The van der Waals surface area contributed by atoms with Crippen molar-refractivity contribution < 1.29 is 9.53 Å². The van der Waals surface area contributed by atoms with Gasteiger partial charge < -0.3 is 15.4 Å². The van der Waals surface area contributed by atoms with E-state index in [9.17, 15) is 4.79 Å². The number of carbonyl (C=O) groups excluding carboxylic acids is 1. The molecule has 2 N–H and O–H groups in total. The lowest BCUT2D eigenvalue weighted by atomic mass is 9.71. The maximum atomic E-state index is 13.0. The number of likely N-dealkylation sites (N-methyl/N-ethyl adjacent to an activating group) is 1. The van der Waals surface area contributed by atoms with Crippen LogP contribution in [-0.2, 0) is 6.54 Å². The van der Waals surface area contributed by atoms with Crippen molar-refractivity contribution in [3.8, 4) is 5.75 Å². The number of rotatable bonds is 7. The number of ether oxygens (including phenoxy) is 1. The molecule has 0 saturated carbocycles. The number of aromatic nitrogens is 2. The molecule has 0 spiro atoms. The van der Waals surface area contributed by atoms with Crippen LogP contribution in [-0.4, -0.2) is 53.8 Å². The molecule has 0 unspecified atom stereocenters. The highest BCUT2D eigenvalue weighted by molar-refractivity contribution is 6.01. The summed E-state index contributed by atoms with van der Waals surface area (Å²) < 4.78 is 7.01. The predicted octanol–water partition coefficient (Wildman–Crippen LogP) is 1.40. The molecule has 1 rings (SSSR count). The highest BCUT2D eigenvalue weighted by Gasteiger charge is 2.43. The van der Waals surface area contributed by atoms with E-state index in [0.29, 0.717) is 18.0 Å². The molecule has 0 bridgehead atoms. The summed E-state index contributed by atoms with van der Waals surface area (Å²) in [6.07, 6.45) is 1.59. The summed E-state index contributed by atoms with van der Waals surface area (Å²) >= 11 is 0. The molecule has 120 valence electrons. The molecule has 0 amide bonds. The van der Waals surface area contributed by atoms with Crippen molar-refractivity contribution in [2.45, 2.75) is 39.8 Å². The lowest BCUT2D eigenvalue weighted by molar-refractivity contribution is 0.0718. The van der Waals surface area contributed by atoms with Crippen molar-refractivity contribution in [2.75, 3.05) is 27.7 Å². The van der Waals surface area contributed by atoms with Gasteiger partial charge in [-0.2, -0.15) is 5.10 Å². The summed E-state index contributed by atoms with van der Waals surface area (Å²) in [6, 6.07) is 0. The van der Waals surface area contributed by atoms with Gasteiger partial charge >= 0.3 is 0 Å². The van der Waals surface area contributed by atoms with Crippen molar-refractivity contribution in [3.05, 3.63) is 11.9 Å². The average molecular weight is 296 g/mol. The van der Waals surface area contributed by atoms with Crippen LogP contribution in [0.3, 0.4) is 0 Å². The molecule has 21 heavy (non-hydrogen) atoms. The molecule has 6 nitrogen and oxygen atoms in total. The largest absolute Gasteiger partial charge is 0.493 e. The Bertz CT molecular complexity index is 498. The molecule has 0 aliphatic rings.